The molecule has 0 aliphatic heterocycles. The van der Waals surface area contributed by atoms with Crippen LogP contribution in [0.5, 0.6) is 0 Å². The number of rotatable bonds is 2. The summed E-state index contributed by atoms with van der Waals surface area (Å²) in [5.41, 5.74) is 10.8. The Morgan fingerprint density at radius 1 is 1.00 bits per heavy atom. The number of aryl methyl sites for hydroxylation is 1. The van der Waals surface area contributed by atoms with E-state index in [9.17, 15) is 0 Å². The number of fused-ring (bicyclic) bond motifs is 1. The lowest BCUT2D eigenvalue weighted by Crippen LogP contribution is -2.11. The van der Waals surface area contributed by atoms with Gasteiger partial charge in [0.05, 0.1) is 0 Å². The number of aromatic nitrogens is 2. The minimum absolute atomic E-state index is 0.540. The molecule has 2 N–H and O–H groups in total. The van der Waals surface area contributed by atoms with E-state index in [1.807, 2.05) is 0 Å². The van der Waals surface area contributed by atoms with Crippen molar-refractivity contribution in [2.45, 2.75) is 45.4 Å². The summed E-state index contributed by atoms with van der Waals surface area (Å²) in [6.45, 7) is 4.39. The molecule has 1 aliphatic carbocycles. The van der Waals surface area contributed by atoms with Gasteiger partial charge in [-0.1, -0.05) is 38.1 Å². The number of hydrogen-bond donors (Lipinski definition) is 1. The van der Waals surface area contributed by atoms with Gasteiger partial charge < -0.3 is 5.73 Å². The quantitative estimate of drug-likeness (QED) is 0.902. The summed E-state index contributed by atoms with van der Waals surface area (Å²) < 4.78 is 0. The smallest absolute Gasteiger partial charge is 0.161 e. The van der Waals surface area contributed by atoms with Gasteiger partial charge in [0.25, 0.3) is 0 Å². The predicted octanol–water partition coefficient (Wildman–Crippen LogP) is 3.73. The molecule has 0 atom stereocenters. The van der Waals surface area contributed by atoms with Crippen LogP contribution in [0, 0.1) is 0 Å². The Labute approximate surface area is 120 Å². The van der Waals surface area contributed by atoms with Crippen LogP contribution in [0.4, 0.5) is 5.82 Å². The van der Waals surface area contributed by atoms with Crippen molar-refractivity contribution in [3.63, 3.8) is 0 Å². The molecule has 3 heteroatoms. The van der Waals surface area contributed by atoms with Gasteiger partial charge in [0.15, 0.2) is 5.82 Å². The summed E-state index contributed by atoms with van der Waals surface area (Å²) in [4.78, 5) is 9.23. The van der Waals surface area contributed by atoms with E-state index in [0.29, 0.717) is 11.7 Å². The maximum Gasteiger partial charge on any atom is 0.161 e. The van der Waals surface area contributed by atoms with E-state index in [0.717, 1.165) is 29.9 Å². The van der Waals surface area contributed by atoms with E-state index in [1.165, 1.54) is 24.0 Å². The molecule has 0 fully saturated rings. The first-order valence-corrected chi connectivity index (χ1v) is 7.40. The fourth-order valence-electron chi connectivity index (χ4n) is 2.77. The highest BCUT2D eigenvalue weighted by molar-refractivity contribution is 5.59. The standard InChI is InChI=1S/C17H21N3/c1-11(2)12-7-9-13(10-8-12)17-19-15-6-4-3-5-14(15)16(18)20-17/h7-11H,3-6H2,1-2H3,(H2,18,19,20). The van der Waals surface area contributed by atoms with Crippen LogP contribution in [0.2, 0.25) is 0 Å². The largest absolute Gasteiger partial charge is 0.383 e. The molecule has 3 nitrogen and oxygen atoms in total. The van der Waals surface area contributed by atoms with E-state index in [1.54, 1.807) is 0 Å². The van der Waals surface area contributed by atoms with E-state index >= 15 is 0 Å². The summed E-state index contributed by atoms with van der Waals surface area (Å²) in [5, 5.41) is 0. The van der Waals surface area contributed by atoms with Crippen molar-refractivity contribution in [2.75, 3.05) is 5.73 Å². The van der Waals surface area contributed by atoms with Crippen LogP contribution in [0.15, 0.2) is 24.3 Å². The Hall–Kier alpha value is -1.90. The number of nitrogens with zero attached hydrogens (tertiary/aromatic N) is 2. The van der Waals surface area contributed by atoms with Crippen molar-refractivity contribution in [1.82, 2.24) is 9.97 Å². The SMILES string of the molecule is CC(C)c1ccc(-c2nc(N)c3c(n2)CCCC3)cc1. The van der Waals surface area contributed by atoms with Crippen LogP contribution in [-0.4, -0.2) is 9.97 Å². The zero-order valence-corrected chi connectivity index (χ0v) is 12.2. The van der Waals surface area contributed by atoms with Gasteiger partial charge >= 0.3 is 0 Å². The van der Waals surface area contributed by atoms with Gasteiger partial charge in [-0.15, -0.1) is 0 Å². The van der Waals surface area contributed by atoms with E-state index in [2.05, 4.69) is 43.1 Å². The normalized spacial score (nSPS) is 14.3. The summed E-state index contributed by atoms with van der Waals surface area (Å²) in [7, 11) is 0. The molecule has 3 rings (SSSR count). The van der Waals surface area contributed by atoms with Gasteiger partial charge in [-0.3, -0.25) is 0 Å². The summed E-state index contributed by atoms with van der Waals surface area (Å²) in [6, 6.07) is 8.50. The molecule has 20 heavy (non-hydrogen) atoms. The summed E-state index contributed by atoms with van der Waals surface area (Å²) in [5.74, 6) is 1.97. The second-order valence-corrected chi connectivity index (χ2v) is 5.84. The second kappa shape index (κ2) is 5.23. The molecule has 1 heterocycles. The van der Waals surface area contributed by atoms with Crippen LogP contribution >= 0.6 is 0 Å². The maximum absolute atomic E-state index is 6.11. The van der Waals surface area contributed by atoms with Crippen molar-refractivity contribution < 1.29 is 0 Å². The Bertz CT molecular complexity index is 615. The molecule has 0 saturated carbocycles. The number of anilines is 1. The van der Waals surface area contributed by atoms with Gasteiger partial charge in [0, 0.05) is 16.8 Å². The van der Waals surface area contributed by atoms with Crippen LogP contribution < -0.4 is 5.73 Å². The van der Waals surface area contributed by atoms with Crippen molar-refractivity contribution in [3.8, 4) is 11.4 Å². The van der Waals surface area contributed by atoms with Crippen LogP contribution in [0.3, 0.4) is 0 Å². The van der Waals surface area contributed by atoms with Crippen molar-refractivity contribution in [1.29, 1.82) is 0 Å². The van der Waals surface area contributed by atoms with Gasteiger partial charge in [-0.05, 0) is 37.2 Å². The molecule has 104 valence electrons. The monoisotopic (exact) mass is 267 g/mol. The fourth-order valence-corrected chi connectivity index (χ4v) is 2.77. The molecule has 0 saturated heterocycles. The molecule has 1 aromatic carbocycles. The average molecular weight is 267 g/mol. The highest BCUT2D eigenvalue weighted by Gasteiger charge is 2.16. The van der Waals surface area contributed by atoms with Gasteiger partial charge in [0.2, 0.25) is 0 Å². The lowest BCUT2D eigenvalue weighted by Gasteiger charge is -2.17. The van der Waals surface area contributed by atoms with Crippen molar-refractivity contribution in [3.05, 3.63) is 41.1 Å². The second-order valence-electron chi connectivity index (χ2n) is 5.84. The topological polar surface area (TPSA) is 51.8 Å². The summed E-state index contributed by atoms with van der Waals surface area (Å²) in [6.07, 6.45) is 4.45. The number of hydrogen-bond acceptors (Lipinski definition) is 3. The van der Waals surface area contributed by atoms with Crippen LogP contribution in [-0.2, 0) is 12.8 Å². The molecule has 1 aromatic heterocycles. The van der Waals surface area contributed by atoms with Crippen molar-refractivity contribution in [2.24, 2.45) is 0 Å². The first kappa shape index (κ1) is 13.1. The van der Waals surface area contributed by atoms with Crippen LogP contribution in [0.25, 0.3) is 11.4 Å². The third-order valence-corrected chi connectivity index (χ3v) is 4.05. The highest BCUT2D eigenvalue weighted by Crippen LogP contribution is 2.27. The number of nitrogens with two attached hydrogens (primary N) is 1. The Morgan fingerprint density at radius 2 is 1.70 bits per heavy atom. The van der Waals surface area contributed by atoms with E-state index in [-0.39, 0.29) is 0 Å². The number of nitrogen functional groups attached to an aromatic ring is 1. The maximum atomic E-state index is 6.11. The lowest BCUT2D eigenvalue weighted by molar-refractivity contribution is 0.666. The molecule has 0 unspecified atom stereocenters. The average Bonchev–Trinajstić information content (AvgIpc) is 2.47. The van der Waals surface area contributed by atoms with Gasteiger partial charge in [-0.25, -0.2) is 9.97 Å². The minimum atomic E-state index is 0.540. The fraction of sp³-hybridized carbons (Fsp3) is 0.412. The molecular formula is C17H21N3. The Kier molecular flexibility index (Phi) is 3.43. The summed E-state index contributed by atoms with van der Waals surface area (Å²) >= 11 is 0. The van der Waals surface area contributed by atoms with E-state index in [4.69, 9.17) is 10.7 Å². The molecular weight excluding hydrogens is 246 g/mol. The van der Waals surface area contributed by atoms with Gasteiger partial charge in [0.1, 0.15) is 5.82 Å². The first-order chi connectivity index (χ1) is 9.65. The number of benzene rings is 1. The van der Waals surface area contributed by atoms with Gasteiger partial charge in [-0.2, -0.15) is 0 Å². The first-order valence-electron chi connectivity index (χ1n) is 7.40. The molecule has 0 bridgehead atoms. The third kappa shape index (κ3) is 2.40. The van der Waals surface area contributed by atoms with E-state index < -0.39 is 0 Å². The molecule has 0 radical (unpaired) electrons. The Balaban J connectivity index is 1.99. The zero-order chi connectivity index (χ0) is 14.1. The lowest BCUT2D eigenvalue weighted by atomic mass is 9.96. The van der Waals surface area contributed by atoms with Crippen molar-refractivity contribution >= 4 is 5.82 Å². The molecule has 2 aromatic rings. The Morgan fingerprint density at radius 3 is 2.40 bits per heavy atom. The minimum Gasteiger partial charge on any atom is -0.383 e. The molecule has 0 amide bonds. The third-order valence-electron chi connectivity index (χ3n) is 4.05. The van der Waals surface area contributed by atoms with Crippen LogP contribution in [0.1, 0.15) is 49.4 Å². The molecule has 1 aliphatic rings. The highest BCUT2D eigenvalue weighted by atomic mass is 15.0. The molecule has 0 spiro atoms. The predicted molar refractivity (Wildman–Crippen MR) is 82.6 cm³/mol. The zero-order valence-electron chi connectivity index (χ0n) is 12.2.